The molecule has 0 saturated heterocycles. The molecule has 0 aliphatic rings. The van der Waals surface area contributed by atoms with Crippen LogP contribution in [0.3, 0.4) is 0 Å². The first-order valence-electron chi connectivity index (χ1n) is 8.20. The molecular weight excluding hydrogens is 232 g/mol. The molecule has 0 saturated carbocycles. The molecule has 2 nitrogen and oxygen atoms in total. The van der Waals surface area contributed by atoms with Crippen molar-refractivity contribution in [1.29, 1.82) is 0 Å². The summed E-state index contributed by atoms with van der Waals surface area (Å²) in [6.45, 7) is 24.8. The molecule has 2 heteroatoms. The van der Waals surface area contributed by atoms with E-state index in [1.807, 2.05) is 0 Å². The van der Waals surface area contributed by atoms with E-state index in [0.717, 1.165) is 6.54 Å². The van der Waals surface area contributed by atoms with Crippen molar-refractivity contribution in [2.45, 2.75) is 99.8 Å². The van der Waals surface area contributed by atoms with Crippen molar-refractivity contribution < 1.29 is 0 Å². The van der Waals surface area contributed by atoms with E-state index in [1.165, 1.54) is 13.0 Å². The molecule has 19 heavy (non-hydrogen) atoms. The topological polar surface area (TPSA) is 6.48 Å². The van der Waals surface area contributed by atoms with Crippen molar-refractivity contribution in [3.8, 4) is 0 Å². The van der Waals surface area contributed by atoms with E-state index in [-0.39, 0.29) is 0 Å². The minimum Gasteiger partial charge on any atom is -0.299 e. The van der Waals surface area contributed by atoms with Crippen LogP contribution in [-0.4, -0.2) is 47.1 Å². The van der Waals surface area contributed by atoms with E-state index < -0.39 is 0 Å². The molecular formula is C17H40N2. The molecule has 0 bridgehead atoms. The normalized spacial score (nSPS) is 12.0. The van der Waals surface area contributed by atoms with Gasteiger partial charge in [0.05, 0.1) is 0 Å². The number of nitrogens with zero attached hydrogens (tertiary/aromatic N) is 2. The fraction of sp³-hybridized carbons (Fsp3) is 1.00. The van der Waals surface area contributed by atoms with Gasteiger partial charge < -0.3 is 0 Å². The standard InChI is InChI=1S/C9H21N.C8H19N/c1-6-7-10(8(2)3)9(4)5;1-6-9(7(2)3)8(4)5/h8-9H,6-7H2,1-5H3;7-8H,6H2,1-5H3. The summed E-state index contributed by atoms with van der Waals surface area (Å²) >= 11 is 0. The van der Waals surface area contributed by atoms with Gasteiger partial charge in [-0.3, -0.25) is 9.80 Å². The number of hydrogen-bond donors (Lipinski definition) is 0. The van der Waals surface area contributed by atoms with Crippen molar-refractivity contribution in [2.75, 3.05) is 13.1 Å². The van der Waals surface area contributed by atoms with Gasteiger partial charge in [-0.1, -0.05) is 13.8 Å². The SMILES string of the molecule is CCCN(C(C)C)C(C)C.CCN(C(C)C)C(C)C. The minimum absolute atomic E-state index is 0.690. The Morgan fingerprint density at radius 3 is 0.947 bits per heavy atom. The fourth-order valence-electron chi connectivity index (χ4n) is 2.70. The largest absolute Gasteiger partial charge is 0.299 e. The summed E-state index contributed by atoms with van der Waals surface area (Å²) in [5.41, 5.74) is 0. The molecule has 0 N–H and O–H groups in total. The summed E-state index contributed by atoms with van der Waals surface area (Å²) in [4.78, 5) is 4.97. The van der Waals surface area contributed by atoms with Gasteiger partial charge in [0.15, 0.2) is 0 Å². The lowest BCUT2D eigenvalue weighted by atomic mass is 10.2. The summed E-state index contributed by atoms with van der Waals surface area (Å²) in [5.74, 6) is 0. The van der Waals surface area contributed by atoms with Gasteiger partial charge >= 0.3 is 0 Å². The van der Waals surface area contributed by atoms with E-state index in [1.54, 1.807) is 0 Å². The Labute approximate surface area is 123 Å². The molecule has 0 aromatic heterocycles. The van der Waals surface area contributed by atoms with E-state index in [4.69, 9.17) is 0 Å². The fourth-order valence-corrected chi connectivity index (χ4v) is 2.70. The van der Waals surface area contributed by atoms with Crippen LogP contribution in [0.15, 0.2) is 0 Å². The van der Waals surface area contributed by atoms with E-state index in [9.17, 15) is 0 Å². The van der Waals surface area contributed by atoms with Gasteiger partial charge in [0.1, 0.15) is 0 Å². The van der Waals surface area contributed by atoms with Crippen molar-refractivity contribution in [3.05, 3.63) is 0 Å². The molecule has 0 rings (SSSR count). The van der Waals surface area contributed by atoms with Gasteiger partial charge in [0.25, 0.3) is 0 Å². The molecule has 0 aliphatic heterocycles. The lowest BCUT2D eigenvalue weighted by molar-refractivity contribution is 0.175. The van der Waals surface area contributed by atoms with Crippen LogP contribution in [0.25, 0.3) is 0 Å². The van der Waals surface area contributed by atoms with Gasteiger partial charge in [-0.25, -0.2) is 0 Å². The highest BCUT2D eigenvalue weighted by Gasteiger charge is 2.10. The highest BCUT2D eigenvalue weighted by atomic mass is 15.2. The van der Waals surface area contributed by atoms with Gasteiger partial charge in [0.2, 0.25) is 0 Å². The maximum Gasteiger partial charge on any atom is 0.00412 e. The maximum absolute atomic E-state index is 2.51. The van der Waals surface area contributed by atoms with Crippen LogP contribution >= 0.6 is 0 Å². The maximum atomic E-state index is 2.51. The summed E-state index contributed by atoms with van der Waals surface area (Å²) in [6, 6.07) is 2.77. The zero-order valence-corrected chi connectivity index (χ0v) is 15.3. The molecule has 0 spiro atoms. The predicted octanol–water partition coefficient (Wildman–Crippen LogP) is 4.64. The van der Waals surface area contributed by atoms with Crippen LogP contribution in [0.4, 0.5) is 0 Å². The lowest BCUT2D eigenvalue weighted by Gasteiger charge is -2.29. The monoisotopic (exact) mass is 272 g/mol. The first kappa shape index (κ1) is 21.2. The summed E-state index contributed by atoms with van der Waals surface area (Å²) in [5, 5.41) is 0. The Hall–Kier alpha value is -0.0800. The van der Waals surface area contributed by atoms with Crippen molar-refractivity contribution >= 4 is 0 Å². The van der Waals surface area contributed by atoms with Crippen LogP contribution in [0.1, 0.15) is 75.7 Å². The molecule has 0 radical (unpaired) electrons. The second kappa shape index (κ2) is 11.7. The van der Waals surface area contributed by atoms with Crippen LogP contribution in [-0.2, 0) is 0 Å². The van der Waals surface area contributed by atoms with Gasteiger partial charge in [-0.05, 0) is 74.9 Å². The Kier molecular flexibility index (Phi) is 13.1. The highest BCUT2D eigenvalue weighted by molar-refractivity contribution is 4.66. The van der Waals surface area contributed by atoms with E-state index in [0.29, 0.717) is 24.2 Å². The van der Waals surface area contributed by atoms with E-state index in [2.05, 4.69) is 79.0 Å². The third-order valence-electron chi connectivity index (χ3n) is 3.50. The van der Waals surface area contributed by atoms with Crippen molar-refractivity contribution in [1.82, 2.24) is 9.80 Å². The Morgan fingerprint density at radius 2 is 0.895 bits per heavy atom. The Balaban J connectivity index is 0. The molecule has 0 heterocycles. The Bertz CT molecular complexity index is 170. The quantitative estimate of drug-likeness (QED) is 0.666. The third kappa shape index (κ3) is 10.4. The van der Waals surface area contributed by atoms with Crippen molar-refractivity contribution in [3.63, 3.8) is 0 Å². The summed E-state index contributed by atoms with van der Waals surface area (Å²) in [7, 11) is 0. The summed E-state index contributed by atoms with van der Waals surface area (Å²) in [6.07, 6.45) is 1.26. The predicted molar refractivity (Wildman–Crippen MR) is 89.9 cm³/mol. The minimum atomic E-state index is 0.690. The first-order chi connectivity index (χ1) is 8.68. The molecule has 0 aromatic rings. The van der Waals surface area contributed by atoms with Crippen LogP contribution < -0.4 is 0 Å². The van der Waals surface area contributed by atoms with Gasteiger partial charge in [-0.2, -0.15) is 0 Å². The first-order valence-corrected chi connectivity index (χ1v) is 8.20. The zero-order chi connectivity index (χ0) is 15.6. The van der Waals surface area contributed by atoms with E-state index >= 15 is 0 Å². The molecule has 0 unspecified atom stereocenters. The molecule has 0 amide bonds. The molecule has 118 valence electrons. The van der Waals surface area contributed by atoms with Crippen molar-refractivity contribution in [2.24, 2.45) is 0 Å². The second-order valence-corrected chi connectivity index (χ2v) is 6.44. The van der Waals surface area contributed by atoms with Crippen LogP contribution in [0.2, 0.25) is 0 Å². The Morgan fingerprint density at radius 1 is 0.579 bits per heavy atom. The summed E-state index contributed by atoms with van der Waals surface area (Å²) < 4.78 is 0. The van der Waals surface area contributed by atoms with Gasteiger partial charge in [0, 0.05) is 24.2 Å². The van der Waals surface area contributed by atoms with Gasteiger partial charge in [-0.15, -0.1) is 0 Å². The average Bonchev–Trinajstić information content (AvgIpc) is 2.25. The molecule has 0 atom stereocenters. The molecule has 0 fully saturated rings. The third-order valence-corrected chi connectivity index (χ3v) is 3.50. The molecule has 0 aromatic carbocycles. The average molecular weight is 273 g/mol. The number of rotatable bonds is 7. The zero-order valence-electron chi connectivity index (χ0n) is 15.3. The highest BCUT2D eigenvalue weighted by Crippen LogP contribution is 2.04. The number of hydrogen-bond acceptors (Lipinski definition) is 2. The second-order valence-electron chi connectivity index (χ2n) is 6.44. The van der Waals surface area contributed by atoms with Crippen LogP contribution in [0, 0.1) is 0 Å². The lowest BCUT2D eigenvalue weighted by Crippen LogP contribution is -2.37. The molecule has 0 aliphatic carbocycles. The smallest absolute Gasteiger partial charge is 0.00412 e. The van der Waals surface area contributed by atoms with Crippen LogP contribution in [0.5, 0.6) is 0 Å².